The summed E-state index contributed by atoms with van der Waals surface area (Å²) in [6.07, 6.45) is -3.17. The summed E-state index contributed by atoms with van der Waals surface area (Å²) in [7, 11) is 0. The van der Waals surface area contributed by atoms with Crippen molar-refractivity contribution in [1.82, 2.24) is 0 Å². The van der Waals surface area contributed by atoms with E-state index in [1.165, 1.54) is 12.1 Å². The van der Waals surface area contributed by atoms with Gasteiger partial charge >= 0.3 is 6.18 Å². The van der Waals surface area contributed by atoms with E-state index in [0.29, 0.717) is 17.3 Å². The van der Waals surface area contributed by atoms with Crippen molar-refractivity contribution in [2.75, 3.05) is 6.61 Å². The van der Waals surface area contributed by atoms with Gasteiger partial charge in [-0.25, -0.2) is 0 Å². The van der Waals surface area contributed by atoms with Crippen molar-refractivity contribution in [2.24, 2.45) is 5.73 Å². The first-order valence-corrected chi connectivity index (χ1v) is 6.79. The Kier molecular flexibility index (Phi) is 5.26. The van der Waals surface area contributed by atoms with Crippen molar-refractivity contribution in [1.29, 1.82) is 0 Å². The molecule has 0 aliphatic carbocycles. The van der Waals surface area contributed by atoms with Crippen LogP contribution in [0.4, 0.5) is 13.2 Å². The van der Waals surface area contributed by atoms with E-state index in [1.54, 1.807) is 0 Å². The van der Waals surface area contributed by atoms with Crippen LogP contribution < -0.4 is 10.5 Å². The maximum Gasteiger partial charge on any atom is 0.420 e. The van der Waals surface area contributed by atoms with E-state index >= 15 is 0 Å². The van der Waals surface area contributed by atoms with Gasteiger partial charge in [-0.15, -0.1) is 0 Å². The highest BCUT2D eigenvalue weighted by Crippen LogP contribution is 2.38. The summed E-state index contributed by atoms with van der Waals surface area (Å²) in [5, 5.41) is 0. The number of hydrogen-bond donors (Lipinski definition) is 1. The van der Waals surface area contributed by atoms with Crippen LogP contribution in [0.2, 0.25) is 0 Å². The van der Waals surface area contributed by atoms with Crippen molar-refractivity contribution >= 4 is 15.9 Å². The summed E-state index contributed by atoms with van der Waals surface area (Å²) in [6.45, 7) is 3.84. The molecule has 0 atom stereocenters. The minimum Gasteiger partial charge on any atom is -0.491 e. The van der Waals surface area contributed by atoms with Crippen LogP contribution in [0.25, 0.3) is 0 Å². The van der Waals surface area contributed by atoms with Crippen LogP contribution in [0.1, 0.15) is 32.3 Å². The third-order valence-electron chi connectivity index (χ3n) is 3.17. The molecule has 19 heavy (non-hydrogen) atoms. The predicted octanol–water partition coefficient (Wildman–Crippen LogP) is 4.36. The van der Waals surface area contributed by atoms with Gasteiger partial charge in [0.05, 0.1) is 5.56 Å². The fourth-order valence-electron chi connectivity index (χ4n) is 1.53. The Hall–Kier alpha value is -0.750. The fraction of sp³-hybridized carbons (Fsp3) is 0.538. The Labute approximate surface area is 119 Å². The number of hydrogen-bond acceptors (Lipinski definition) is 2. The largest absolute Gasteiger partial charge is 0.491 e. The molecule has 0 amide bonds. The first-order valence-electron chi connectivity index (χ1n) is 6.00. The van der Waals surface area contributed by atoms with Crippen LogP contribution >= 0.6 is 15.9 Å². The summed E-state index contributed by atoms with van der Waals surface area (Å²) in [4.78, 5) is 0. The van der Waals surface area contributed by atoms with Gasteiger partial charge in [0.15, 0.2) is 0 Å². The average Bonchev–Trinajstić information content (AvgIpc) is 2.36. The van der Waals surface area contributed by atoms with E-state index in [4.69, 9.17) is 10.5 Å². The Morgan fingerprint density at radius 2 is 1.79 bits per heavy atom. The third-order valence-corrected chi connectivity index (χ3v) is 3.66. The Morgan fingerprint density at radius 3 is 2.26 bits per heavy atom. The van der Waals surface area contributed by atoms with Gasteiger partial charge in [0.1, 0.15) is 12.4 Å². The lowest BCUT2D eigenvalue weighted by molar-refractivity contribution is -0.139. The summed E-state index contributed by atoms with van der Waals surface area (Å²) >= 11 is 3.03. The molecule has 0 fully saturated rings. The molecule has 2 nitrogen and oxygen atoms in total. The molecule has 1 aromatic carbocycles. The molecule has 1 rings (SSSR count). The quantitative estimate of drug-likeness (QED) is 0.864. The monoisotopic (exact) mass is 339 g/mol. The second-order valence-electron chi connectivity index (χ2n) is 4.50. The normalized spacial score (nSPS) is 12.6. The van der Waals surface area contributed by atoms with E-state index in [-0.39, 0.29) is 12.4 Å². The maximum absolute atomic E-state index is 12.9. The van der Waals surface area contributed by atoms with Crippen molar-refractivity contribution in [3.63, 3.8) is 0 Å². The van der Waals surface area contributed by atoms with Gasteiger partial charge in [-0.05, 0) is 31.0 Å². The van der Waals surface area contributed by atoms with E-state index in [1.807, 2.05) is 13.8 Å². The molecule has 0 aliphatic rings. The van der Waals surface area contributed by atoms with Crippen molar-refractivity contribution in [2.45, 2.75) is 38.4 Å². The van der Waals surface area contributed by atoms with Gasteiger partial charge in [0.2, 0.25) is 0 Å². The molecule has 0 saturated heterocycles. The van der Waals surface area contributed by atoms with Gasteiger partial charge in [-0.3, -0.25) is 0 Å². The second-order valence-corrected chi connectivity index (χ2v) is 5.41. The van der Waals surface area contributed by atoms with Crippen LogP contribution in [-0.4, -0.2) is 12.1 Å². The van der Waals surface area contributed by atoms with Gasteiger partial charge in [0, 0.05) is 10.0 Å². The minimum atomic E-state index is -4.45. The molecule has 0 bridgehead atoms. The fourth-order valence-corrected chi connectivity index (χ4v) is 1.89. The van der Waals surface area contributed by atoms with Crippen LogP contribution in [0.5, 0.6) is 5.75 Å². The lowest BCUT2D eigenvalue weighted by Gasteiger charge is -2.27. The maximum atomic E-state index is 12.9. The van der Waals surface area contributed by atoms with E-state index in [9.17, 15) is 13.2 Å². The number of ether oxygens (including phenoxy) is 1. The number of alkyl halides is 3. The lowest BCUT2D eigenvalue weighted by Crippen LogP contribution is -2.44. The highest BCUT2D eigenvalue weighted by Gasteiger charge is 2.35. The van der Waals surface area contributed by atoms with Crippen molar-refractivity contribution in [3.8, 4) is 5.75 Å². The molecule has 6 heteroatoms. The first-order chi connectivity index (χ1) is 8.72. The standard InChI is InChI=1S/C13H17BrF3NO/c1-3-12(18,4-2)8-19-11-6-5-9(14)7-10(11)13(15,16)17/h5-7H,3-4,8,18H2,1-2H3. The van der Waals surface area contributed by atoms with E-state index in [2.05, 4.69) is 15.9 Å². The second kappa shape index (κ2) is 6.13. The van der Waals surface area contributed by atoms with E-state index < -0.39 is 17.3 Å². The molecular formula is C13H17BrF3NO. The van der Waals surface area contributed by atoms with Gasteiger partial charge in [-0.1, -0.05) is 29.8 Å². The summed E-state index contributed by atoms with van der Waals surface area (Å²) in [5.74, 6) is -0.188. The molecule has 108 valence electrons. The highest BCUT2D eigenvalue weighted by atomic mass is 79.9. The van der Waals surface area contributed by atoms with Gasteiger partial charge < -0.3 is 10.5 Å². The molecule has 0 unspecified atom stereocenters. The summed E-state index contributed by atoms with van der Waals surface area (Å²) < 4.78 is 44.3. The van der Waals surface area contributed by atoms with Crippen LogP contribution in [-0.2, 0) is 6.18 Å². The molecule has 0 radical (unpaired) electrons. The lowest BCUT2D eigenvalue weighted by atomic mass is 9.95. The molecule has 0 aliphatic heterocycles. The summed E-state index contributed by atoms with van der Waals surface area (Å²) in [6, 6.07) is 3.82. The zero-order valence-corrected chi connectivity index (χ0v) is 12.4. The van der Waals surface area contributed by atoms with E-state index in [0.717, 1.165) is 6.07 Å². The smallest absolute Gasteiger partial charge is 0.420 e. The van der Waals surface area contributed by atoms with Crippen molar-refractivity contribution < 1.29 is 17.9 Å². The third kappa shape index (κ3) is 4.38. The van der Waals surface area contributed by atoms with Crippen LogP contribution in [0.15, 0.2) is 22.7 Å². The molecule has 2 N–H and O–H groups in total. The Balaban J connectivity index is 2.96. The Morgan fingerprint density at radius 1 is 1.21 bits per heavy atom. The van der Waals surface area contributed by atoms with Crippen LogP contribution in [0, 0.1) is 0 Å². The zero-order chi connectivity index (χ0) is 14.7. The average molecular weight is 340 g/mol. The van der Waals surface area contributed by atoms with Crippen molar-refractivity contribution in [3.05, 3.63) is 28.2 Å². The molecule has 0 saturated carbocycles. The molecule has 1 aromatic rings. The predicted molar refractivity (Wildman–Crippen MR) is 72.1 cm³/mol. The molecular weight excluding hydrogens is 323 g/mol. The minimum absolute atomic E-state index is 0.0602. The van der Waals surface area contributed by atoms with Gasteiger partial charge in [0.25, 0.3) is 0 Å². The topological polar surface area (TPSA) is 35.2 Å². The highest BCUT2D eigenvalue weighted by molar-refractivity contribution is 9.10. The number of nitrogens with two attached hydrogens (primary N) is 1. The zero-order valence-electron chi connectivity index (χ0n) is 10.9. The summed E-state index contributed by atoms with van der Waals surface area (Å²) in [5.41, 5.74) is 4.62. The van der Waals surface area contributed by atoms with Crippen LogP contribution in [0.3, 0.4) is 0 Å². The number of benzene rings is 1. The molecule has 0 heterocycles. The number of halogens is 4. The molecule has 0 aromatic heterocycles. The Bertz CT molecular complexity index is 430. The van der Waals surface area contributed by atoms with Gasteiger partial charge in [-0.2, -0.15) is 13.2 Å². The first kappa shape index (κ1) is 16.3. The number of rotatable bonds is 5. The SMILES string of the molecule is CCC(N)(CC)COc1ccc(Br)cc1C(F)(F)F. The molecule has 0 spiro atoms.